The zero-order chi connectivity index (χ0) is 20.3. The Bertz CT molecular complexity index is 997. The fourth-order valence-electron chi connectivity index (χ4n) is 2.90. The number of carbonyl (C=O) groups excluding carboxylic acids is 2. The van der Waals surface area contributed by atoms with Gasteiger partial charge in [-0.1, -0.05) is 17.7 Å². The lowest BCUT2D eigenvalue weighted by atomic mass is 10.2. The van der Waals surface area contributed by atoms with Crippen molar-refractivity contribution in [1.29, 1.82) is 0 Å². The minimum absolute atomic E-state index is 0.00813. The molecule has 2 aromatic carbocycles. The lowest BCUT2D eigenvalue weighted by Crippen LogP contribution is -2.42. The van der Waals surface area contributed by atoms with Crippen LogP contribution in [0.15, 0.2) is 42.5 Å². The first-order valence-corrected chi connectivity index (χ1v) is 9.88. The number of benzene rings is 2. The molecule has 0 spiro atoms. The predicted octanol–water partition coefficient (Wildman–Crippen LogP) is 3.81. The second-order valence-corrected chi connectivity index (χ2v) is 8.12. The van der Waals surface area contributed by atoms with Crippen molar-refractivity contribution in [1.82, 2.24) is 9.88 Å². The lowest BCUT2D eigenvalue weighted by Gasteiger charge is -2.22. The second-order valence-electron chi connectivity index (χ2n) is 6.89. The number of anilines is 2. The van der Waals surface area contributed by atoms with E-state index in [1.165, 1.54) is 4.90 Å². The average Bonchev–Trinajstić information content (AvgIpc) is 3.02. The summed E-state index contributed by atoms with van der Waals surface area (Å²) < 4.78 is 1.08. The number of carbonyl (C=O) groups is 2. The van der Waals surface area contributed by atoms with E-state index in [9.17, 15) is 9.59 Å². The van der Waals surface area contributed by atoms with E-state index in [0.29, 0.717) is 0 Å². The van der Waals surface area contributed by atoms with Gasteiger partial charge in [0.25, 0.3) is 0 Å². The van der Waals surface area contributed by atoms with Crippen molar-refractivity contribution in [3.63, 3.8) is 0 Å². The van der Waals surface area contributed by atoms with Crippen molar-refractivity contribution >= 4 is 44.7 Å². The Morgan fingerprint density at radius 2 is 1.79 bits per heavy atom. The number of nitrogens with one attached hydrogen (secondary N) is 2. The summed E-state index contributed by atoms with van der Waals surface area (Å²) in [5.41, 5.74) is 3.65. The van der Waals surface area contributed by atoms with Crippen molar-refractivity contribution < 1.29 is 9.59 Å². The number of hydrogen-bond acceptors (Lipinski definition) is 5. The van der Waals surface area contributed by atoms with Gasteiger partial charge in [-0.05, 0) is 51.1 Å². The molecule has 0 radical (unpaired) electrons. The molecule has 0 aliphatic heterocycles. The smallest absolute Gasteiger partial charge is 0.244 e. The van der Waals surface area contributed by atoms with Gasteiger partial charge in [0.15, 0.2) is 0 Å². The van der Waals surface area contributed by atoms with Crippen LogP contribution in [-0.4, -0.2) is 41.3 Å². The maximum atomic E-state index is 12.6. The lowest BCUT2D eigenvalue weighted by molar-refractivity contribution is -0.133. The third-order valence-corrected chi connectivity index (χ3v) is 5.27. The Kier molecular flexibility index (Phi) is 5.94. The van der Waals surface area contributed by atoms with Gasteiger partial charge in [0.2, 0.25) is 11.8 Å². The van der Waals surface area contributed by atoms with Crippen LogP contribution in [0.5, 0.6) is 0 Å². The van der Waals surface area contributed by atoms with Gasteiger partial charge in [-0.15, -0.1) is 11.3 Å². The Morgan fingerprint density at radius 1 is 1.11 bits per heavy atom. The van der Waals surface area contributed by atoms with Crippen LogP contribution in [0.1, 0.15) is 17.5 Å². The normalized spacial score (nSPS) is 11.9. The number of likely N-dealkylation sites (N-methyl/N-ethyl adjacent to an activating group) is 1. The van der Waals surface area contributed by atoms with E-state index in [1.807, 2.05) is 56.3 Å². The molecule has 28 heavy (non-hydrogen) atoms. The molecule has 1 atom stereocenters. The van der Waals surface area contributed by atoms with Crippen LogP contribution in [0.2, 0.25) is 0 Å². The highest BCUT2D eigenvalue weighted by atomic mass is 32.1. The van der Waals surface area contributed by atoms with Crippen molar-refractivity contribution in [3.05, 3.63) is 53.0 Å². The quantitative estimate of drug-likeness (QED) is 0.664. The zero-order valence-corrected chi connectivity index (χ0v) is 17.3. The number of aromatic nitrogens is 1. The molecule has 146 valence electrons. The van der Waals surface area contributed by atoms with Gasteiger partial charge < -0.3 is 15.5 Å². The van der Waals surface area contributed by atoms with Crippen molar-refractivity contribution in [2.45, 2.75) is 26.8 Å². The summed E-state index contributed by atoms with van der Waals surface area (Å²) in [7, 11) is 1.63. The first-order chi connectivity index (χ1) is 13.3. The van der Waals surface area contributed by atoms with E-state index in [-0.39, 0.29) is 18.4 Å². The first kappa shape index (κ1) is 19.8. The highest BCUT2D eigenvalue weighted by Crippen LogP contribution is 2.25. The van der Waals surface area contributed by atoms with Crippen LogP contribution in [-0.2, 0) is 9.59 Å². The Labute approximate surface area is 168 Å². The molecule has 3 aromatic rings. The fourth-order valence-corrected chi connectivity index (χ4v) is 3.77. The van der Waals surface area contributed by atoms with Crippen LogP contribution >= 0.6 is 11.3 Å². The molecule has 6 nitrogen and oxygen atoms in total. The summed E-state index contributed by atoms with van der Waals surface area (Å²) in [5.74, 6) is -0.381. The number of fused-ring (bicyclic) bond motifs is 1. The van der Waals surface area contributed by atoms with E-state index < -0.39 is 6.04 Å². The fraction of sp³-hybridized carbons (Fsp3) is 0.286. The van der Waals surface area contributed by atoms with Gasteiger partial charge >= 0.3 is 0 Å². The SMILES string of the molecule is Cc1ccc(NC(=O)CN(C)C(=O)[C@H](C)Nc2ccc3nc(C)sc3c2)cc1. The molecule has 0 saturated carbocycles. The summed E-state index contributed by atoms with van der Waals surface area (Å²) in [5, 5.41) is 7.03. The summed E-state index contributed by atoms with van der Waals surface area (Å²) in [6.45, 7) is 5.74. The minimum Gasteiger partial charge on any atom is -0.374 e. The molecule has 0 aliphatic carbocycles. The Hall–Kier alpha value is -2.93. The van der Waals surface area contributed by atoms with Crippen molar-refractivity contribution in [2.24, 2.45) is 0 Å². The van der Waals surface area contributed by atoms with Crippen LogP contribution in [0.4, 0.5) is 11.4 Å². The molecule has 0 saturated heterocycles. The highest BCUT2D eigenvalue weighted by molar-refractivity contribution is 7.18. The summed E-state index contributed by atoms with van der Waals surface area (Å²) in [6, 6.07) is 12.9. The predicted molar refractivity (Wildman–Crippen MR) is 115 cm³/mol. The van der Waals surface area contributed by atoms with E-state index in [2.05, 4.69) is 15.6 Å². The topological polar surface area (TPSA) is 74.3 Å². The number of thiazole rings is 1. The van der Waals surface area contributed by atoms with E-state index >= 15 is 0 Å². The van der Waals surface area contributed by atoms with Gasteiger partial charge in [-0.2, -0.15) is 0 Å². The first-order valence-electron chi connectivity index (χ1n) is 9.07. The summed E-state index contributed by atoms with van der Waals surface area (Å²) in [6.07, 6.45) is 0. The van der Waals surface area contributed by atoms with Gasteiger partial charge in [0, 0.05) is 18.4 Å². The van der Waals surface area contributed by atoms with Crippen LogP contribution in [0.3, 0.4) is 0 Å². The monoisotopic (exact) mass is 396 g/mol. The maximum Gasteiger partial charge on any atom is 0.244 e. The van der Waals surface area contributed by atoms with Crippen LogP contribution in [0, 0.1) is 13.8 Å². The average molecular weight is 397 g/mol. The molecule has 1 aromatic heterocycles. The number of amides is 2. The molecule has 1 heterocycles. The molecule has 2 N–H and O–H groups in total. The Morgan fingerprint density at radius 3 is 2.50 bits per heavy atom. The summed E-state index contributed by atoms with van der Waals surface area (Å²) in [4.78, 5) is 30.7. The number of rotatable bonds is 6. The molecule has 0 aliphatic rings. The van der Waals surface area contributed by atoms with E-state index in [1.54, 1.807) is 25.3 Å². The van der Waals surface area contributed by atoms with Crippen molar-refractivity contribution in [2.75, 3.05) is 24.2 Å². The third-order valence-electron chi connectivity index (χ3n) is 4.34. The summed E-state index contributed by atoms with van der Waals surface area (Å²) >= 11 is 1.62. The van der Waals surface area contributed by atoms with Crippen LogP contribution < -0.4 is 10.6 Å². The van der Waals surface area contributed by atoms with E-state index in [0.717, 1.165) is 32.2 Å². The van der Waals surface area contributed by atoms with Gasteiger partial charge in [-0.25, -0.2) is 4.98 Å². The van der Waals surface area contributed by atoms with Gasteiger partial charge in [0.05, 0.1) is 21.8 Å². The minimum atomic E-state index is -0.455. The molecule has 0 unspecified atom stereocenters. The molecular formula is C21H24N4O2S. The van der Waals surface area contributed by atoms with Gasteiger partial charge in [0.1, 0.15) is 6.04 Å². The Balaban J connectivity index is 1.56. The molecule has 3 rings (SSSR count). The number of aryl methyl sites for hydroxylation is 2. The highest BCUT2D eigenvalue weighted by Gasteiger charge is 2.19. The largest absolute Gasteiger partial charge is 0.374 e. The van der Waals surface area contributed by atoms with Gasteiger partial charge in [-0.3, -0.25) is 9.59 Å². The van der Waals surface area contributed by atoms with E-state index in [4.69, 9.17) is 0 Å². The third kappa shape index (κ3) is 4.86. The van der Waals surface area contributed by atoms with Crippen LogP contribution in [0.25, 0.3) is 10.2 Å². The second kappa shape index (κ2) is 8.39. The molecule has 0 bridgehead atoms. The standard InChI is InChI=1S/C21H24N4O2S/c1-13-5-7-16(8-6-13)24-20(26)12-25(4)21(27)14(2)22-17-9-10-18-19(11-17)28-15(3)23-18/h5-11,14,22H,12H2,1-4H3,(H,24,26)/t14-/m0/s1. The molecular weight excluding hydrogens is 372 g/mol. The maximum absolute atomic E-state index is 12.6. The number of nitrogens with zero attached hydrogens (tertiary/aromatic N) is 2. The zero-order valence-electron chi connectivity index (χ0n) is 16.4. The molecule has 7 heteroatoms. The van der Waals surface area contributed by atoms with Crippen molar-refractivity contribution in [3.8, 4) is 0 Å². The molecule has 0 fully saturated rings. The number of hydrogen-bond donors (Lipinski definition) is 2. The molecule has 2 amide bonds.